The van der Waals surface area contributed by atoms with Gasteiger partial charge in [-0.05, 0) is 73.8 Å². The van der Waals surface area contributed by atoms with E-state index in [1.54, 1.807) is 30.9 Å². The van der Waals surface area contributed by atoms with Gasteiger partial charge in [0, 0.05) is 35.3 Å². The first kappa shape index (κ1) is 25.0. The summed E-state index contributed by atoms with van der Waals surface area (Å²) in [6.07, 6.45) is 9.40. The topological polar surface area (TPSA) is 124 Å². The summed E-state index contributed by atoms with van der Waals surface area (Å²) in [6.45, 7) is 1.92. The maximum absolute atomic E-state index is 13.9. The second-order valence-corrected chi connectivity index (χ2v) is 10.4. The summed E-state index contributed by atoms with van der Waals surface area (Å²) in [5.41, 5.74) is 7.41. The van der Waals surface area contributed by atoms with Gasteiger partial charge in [-0.1, -0.05) is 12.1 Å². The summed E-state index contributed by atoms with van der Waals surface area (Å²) in [5.74, 6) is 0.105. The molecule has 0 spiro atoms. The molecule has 4 N–H and O–H groups in total. The number of aromatic amines is 2. The highest BCUT2D eigenvalue weighted by Crippen LogP contribution is 2.34. The summed E-state index contributed by atoms with van der Waals surface area (Å²) in [5, 5.41) is 14.9. The van der Waals surface area contributed by atoms with E-state index in [1.807, 2.05) is 30.3 Å². The van der Waals surface area contributed by atoms with Crippen molar-refractivity contribution >= 4 is 33.5 Å². The zero-order valence-electron chi connectivity index (χ0n) is 22.1. The molecule has 0 radical (unpaired) electrons. The van der Waals surface area contributed by atoms with Crippen LogP contribution in [-0.4, -0.2) is 49.1 Å². The number of hydrogen-bond acceptors (Lipinski definition) is 6. The molecule has 6 heterocycles. The molecule has 5 aromatic heterocycles. The number of carbonyl (C=O) groups excluding carboxylic acids is 1. The fourth-order valence-corrected chi connectivity index (χ4v) is 5.52. The van der Waals surface area contributed by atoms with Crippen LogP contribution in [-0.2, 0) is 4.79 Å². The van der Waals surface area contributed by atoms with Crippen molar-refractivity contribution in [3.8, 4) is 33.8 Å². The lowest BCUT2D eigenvalue weighted by Crippen LogP contribution is -2.30. The number of aromatic nitrogens is 6. The van der Waals surface area contributed by atoms with E-state index in [2.05, 4.69) is 35.8 Å². The highest BCUT2D eigenvalue weighted by Gasteiger charge is 2.18. The fourth-order valence-electron chi connectivity index (χ4n) is 5.52. The third-order valence-electron chi connectivity index (χ3n) is 7.59. The van der Waals surface area contributed by atoms with Crippen LogP contribution >= 0.6 is 0 Å². The maximum atomic E-state index is 13.9. The van der Waals surface area contributed by atoms with Crippen LogP contribution in [0.1, 0.15) is 19.3 Å². The third kappa shape index (κ3) is 5.05. The van der Waals surface area contributed by atoms with Gasteiger partial charge in [-0.3, -0.25) is 19.9 Å². The molecule has 6 aromatic rings. The van der Waals surface area contributed by atoms with E-state index in [9.17, 15) is 9.18 Å². The number of benzene rings is 1. The zero-order chi connectivity index (χ0) is 27.8. The molecule has 1 amide bonds. The summed E-state index contributed by atoms with van der Waals surface area (Å²) in [7, 11) is 0. The molecule has 41 heavy (non-hydrogen) atoms. The lowest BCUT2D eigenvalue weighted by molar-refractivity contribution is -0.117. The molecule has 204 valence electrons. The van der Waals surface area contributed by atoms with Gasteiger partial charge >= 0.3 is 0 Å². The molecule has 1 fully saturated rings. The third-order valence-corrected chi connectivity index (χ3v) is 7.59. The Bertz CT molecular complexity index is 1890. The van der Waals surface area contributed by atoms with Crippen LogP contribution in [0.3, 0.4) is 0 Å². The summed E-state index contributed by atoms with van der Waals surface area (Å²) in [4.78, 5) is 29.7. The minimum atomic E-state index is -0.301. The number of amides is 1. The van der Waals surface area contributed by atoms with Gasteiger partial charge in [0.1, 0.15) is 17.0 Å². The maximum Gasteiger partial charge on any atom is 0.224 e. The Kier molecular flexibility index (Phi) is 6.44. The van der Waals surface area contributed by atoms with Crippen molar-refractivity contribution in [2.24, 2.45) is 5.92 Å². The number of pyridine rings is 3. The van der Waals surface area contributed by atoms with Crippen molar-refractivity contribution < 1.29 is 9.18 Å². The van der Waals surface area contributed by atoms with Crippen molar-refractivity contribution in [1.29, 1.82) is 0 Å². The van der Waals surface area contributed by atoms with E-state index in [1.165, 1.54) is 12.1 Å². The Hall–Kier alpha value is -4.96. The number of nitrogens with one attached hydrogen (secondary N) is 4. The van der Waals surface area contributed by atoms with Gasteiger partial charge in [0.05, 0.1) is 40.5 Å². The molecule has 0 bridgehead atoms. The molecule has 1 aliphatic heterocycles. The van der Waals surface area contributed by atoms with Crippen LogP contribution in [0, 0.1) is 11.7 Å². The second kappa shape index (κ2) is 10.5. The second-order valence-electron chi connectivity index (χ2n) is 10.4. The van der Waals surface area contributed by atoms with E-state index in [4.69, 9.17) is 4.98 Å². The first-order chi connectivity index (χ1) is 20.1. The highest BCUT2D eigenvalue weighted by atomic mass is 19.1. The Morgan fingerprint density at radius 1 is 0.951 bits per heavy atom. The lowest BCUT2D eigenvalue weighted by atomic mass is 9.94. The average Bonchev–Trinajstić information content (AvgIpc) is 3.61. The molecule has 7 rings (SSSR count). The van der Waals surface area contributed by atoms with E-state index < -0.39 is 0 Å². The van der Waals surface area contributed by atoms with Gasteiger partial charge in [-0.15, -0.1) is 0 Å². The minimum Gasteiger partial charge on any atom is -0.352 e. The molecular formula is C31H27FN8O. The molecule has 10 heteroatoms. The van der Waals surface area contributed by atoms with Gasteiger partial charge in [0.25, 0.3) is 0 Å². The van der Waals surface area contributed by atoms with E-state index in [0.717, 1.165) is 64.7 Å². The number of anilines is 1. The van der Waals surface area contributed by atoms with Gasteiger partial charge in [0.15, 0.2) is 0 Å². The summed E-state index contributed by atoms with van der Waals surface area (Å²) < 4.78 is 13.9. The van der Waals surface area contributed by atoms with Crippen LogP contribution in [0.5, 0.6) is 0 Å². The van der Waals surface area contributed by atoms with Crippen LogP contribution in [0.25, 0.3) is 55.7 Å². The number of halogens is 1. The van der Waals surface area contributed by atoms with Crippen LogP contribution < -0.4 is 10.6 Å². The standard InChI is InChI=1S/C31H27FN8O/c32-21-3-1-2-19(11-21)24-16-35-17-28-23(24)13-27(37-28)31-30-26(39-40-31)5-4-25(38-30)20-12-22(15-34-14-20)36-29(41)10-18-6-8-33-9-7-18/h1-5,11-18,33,37H,6-10H2,(H,36,41)(H,39,40). The Morgan fingerprint density at radius 3 is 2.71 bits per heavy atom. The molecule has 0 unspecified atom stereocenters. The average molecular weight is 547 g/mol. The SMILES string of the molecule is O=C(CC1CCNCC1)Nc1cncc(-c2ccc3[nH]nc(-c4cc5c(-c6cccc(F)c6)cncc5[nH]4)c3n2)c1. The number of rotatable bonds is 6. The molecule has 1 aromatic carbocycles. The van der Waals surface area contributed by atoms with Crippen molar-refractivity contribution in [3.63, 3.8) is 0 Å². The van der Waals surface area contributed by atoms with E-state index >= 15 is 0 Å². The van der Waals surface area contributed by atoms with Crippen LogP contribution in [0.4, 0.5) is 10.1 Å². The lowest BCUT2D eigenvalue weighted by Gasteiger charge is -2.21. The van der Waals surface area contributed by atoms with Gasteiger partial charge < -0.3 is 15.6 Å². The molecule has 0 saturated carbocycles. The predicted octanol–water partition coefficient (Wildman–Crippen LogP) is 5.70. The van der Waals surface area contributed by atoms with E-state index in [-0.39, 0.29) is 11.7 Å². The Morgan fingerprint density at radius 2 is 1.83 bits per heavy atom. The first-order valence-electron chi connectivity index (χ1n) is 13.6. The largest absolute Gasteiger partial charge is 0.352 e. The minimum absolute atomic E-state index is 0.00212. The quantitative estimate of drug-likeness (QED) is 0.213. The number of nitrogens with zero attached hydrogens (tertiary/aromatic N) is 4. The normalized spacial score (nSPS) is 14.1. The van der Waals surface area contributed by atoms with Crippen molar-refractivity contribution in [2.45, 2.75) is 19.3 Å². The smallest absolute Gasteiger partial charge is 0.224 e. The molecule has 9 nitrogen and oxygen atoms in total. The number of hydrogen-bond donors (Lipinski definition) is 4. The molecule has 0 atom stereocenters. The fraction of sp³-hybridized carbons (Fsp3) is 0.194. The van der Waals surface area contributed by atoms with Gasteiger partial charge in [-0.25, -0.2) is 9.37 Å². The Balaban J connectivity index is 1.19. The van der Waals surface area contributed by atoms with Crippen molar-refractivity contribution in [3.05, 3.63) is 79.1 Å². The zero-order valence-corrected chi connectivity index (χ0v) is 22.1. The van der Waals surface area contributed by atoms with Gasteiger partial charge in [-0.2, -0.15) is 5.10 Å². The summed E-state index contributed by atoms with van der Waals surface area (Å²) in [6, 6.07) is 14.2. The Labute approximate surface area is 234 Å². The monoisotopic (exact) mass is 546 g/mol. The molecule has 0 aliphatic carbocycles. The number of H-pyrrole nitrogens is 2. The first-order valence-corrected chi connectivity index (χ1v) is 13.6. The van der Waals surface area contributed by atoms with E-state index in [0.29, 0.717) is 34.9 Å². The predicted molar refractivity (Wildman–Crippen MR) is 156 cm³/mol. The molecule has 1 saturated heterocycles. The van der Waals surface area contributed by atoms with Crippen molar-refractivity contribution in [1.82, 2.24) is 35.5 Å². The van der Waals surface area contributed by atoms with Gasteiger partial charge in [0.2, 0.25) is 5.91 Å². The van der Waals surface area contributed by atoms with Crippen LogP contribution in [0.15, 0.2) is 73.3 Å². The number of fused-ring (bicyclic) bond motifs is 2. The number of carbonyl (C=O) groups is 1. The van der Waals surface area contributed by atoms with Crippen LogP contribution in [0.2, 0.25) is 0 Å². The highest BCUT2D eigenvalue weighted by molar-refractivity contribution is 6.00. The number of piperidine rings is 1. The van der Waals surface area contributed by atoms with Crippen molar-refractivity contribution in [2.75, 3.05) is 18.4 Å². The molecule has 1 aliphatic rings. The summed E-state index contributed by atoms with van der Waals surface area (Å²) >= 11 is 0. The molecular weight excluding hydrogens is 519 g/mol.